The molecule has 2 heterocycles. The maximum atomic E-state index is 3.81. The molecular weight excluding hydrogens is 486 g/mol. The van der Waals surface area contributed by atoms with E-state index < -0.39 is 0 Å². The lowest BCUT2D eigenvalue weighted by Crippen LogP contribution is -1.92. The normalized spacial score (nSPS) is 11.8. The van der Waals surface area contributed by atoms with E-state index in [0.29, 0.717) is 0 Å². The van der Waals surface area contributed by atoms with Crippen LogP contribution in [0.3, 0.4) is 0 Å². The van der Waals surface area contributed by atoms with Gasteiger partial charge in [-0.3, -0.25) is 0 Å². The molecule has 7 rings (SSSR count). The van der Waals surface area contributed by atoms with Crippen LogP contribution in [0.25, 0.3) is 58.8 Å². The first-order chi connectivity index (χ1) is 16.3. The molecular formula is C30H18BrNS. The van der Waals surface area contributed by atoms with Crippen LogP contribution in [0.2, 0.25) is 0 Å². The summed E-state index contributed by atoms with van der Waals surface area (Å²) in [6.07, 6.45) is 0. The maximum Gasteiger partial charge on any atom is 0.0541 e. The second-order valence-electron chi connectivity index (χ2n) is 8.32. The van der Waals surface area contributed by atoms with E-state index >= 15 is 0 Å². The van der Waals surface area contributed by atoms with E-state index in [4.69, 9.17) is 0 Å². The Labute approximate surface area is 203 Å². The summed E-state index contributed by atoms with van der Waals surface area (Å²) in [5.41, 5.74) is 6.19. The van der Waals surface area contributed by atoms with Crippen molar-refractivity contribution >= 4 is 69.2 Å². The standard InChI is InChI=1S/C30H18BrNS/c31-25-16-15-21(30-29(25)23-11-5-7-13-28(23)33-30)19-14-17-27-24(18-19)22-10-4-6-12-26(22)32(27)20-8-2-1-3-9-20/h1-18H. The summed E-state index contributed by atoms with van der Waals surface area (Å²) in [5.74, 6) is 0. The van der Waals surface area contributed by atoms with Gasteiger partial charge in [0.1, 0.15) is 0 Å². The van der Waals surface area contributed by atoms with Crippen molar-refractivity contribution in [3.05, 3.63) is 114 Å². The lowest BCUT2D eigenvalue weighted by molar-refractivity contribution is 1.18. The molecule has 0 atom stereocenters. The molecule has 1 nitrogen and oxygen atoms in total. The molecule has 0 bridgehead atoms. The molecule has 0 N–H and O–H groups in total. The van der Waals surface area contributed by atoms with E-state index in [-0.39, 0.29) is 0 Å². The molecule has 0 saturated carbocycles. The molecule has 0 aliphatic heterocycles. The van der Waals surface area contributed by atoms with E-state index in [1.165, 1.54) is 58.8 Å². The SMILES string of the molecule is Brc1ccc(-c2ccc3c(c2)c2ccccc2n3-c2ccccc2)c2sc3ccccc3c12. The molecule has 0 saturated heterocycles. The third-order valence-corrected chi connectivity index (χ3v) is 8.34. The van der Waals surface area contributed by atoms with Gasteiger partial charge < -0.3 is 4.57 Å². The summed E-state index contributed by atoms with van der Waals surface area (Å²) < 4.78 is 6.17. The molecule has 0 unspecified atom stereocenters. The van der Waals surface area contributed by atoms with Crippen molar-refractivity contribution in [3.63, 3.8) is 0 Å². The van der Waals surface area contributed by atoms with Crippen molar-refractivity contribution in [2.24, 2.45) is 0 Å². The Morgan fingerprint density at radius 2 is 1.33 bits per heavy atom. The van der Waals surface area contributed by atoms with Gasteiger partial charge in [-0.2, -0.15) is 0 Å². The van der Waals surface area contributed by atoms with E-state index in [2.05, 4.69) is 130 Å². The first-order valence-corrected chi connectivity index (χ1v) is 12.6. The second kappa shape index (κ2) is 7.31. The average Bonchev–Trinajstić information content (AvgIpc) is 3.41. The fourth-order valence-electron chi connectivity index (χ4n) is 5.01. The molecule has 0 aliphatic carbocycles. The Kier molecular flexibility index (Phi) is 4.23. The number of hydrogen-bond acceptors (Lipinski definition) is 1. The van der Waals surface area contributed by atoms with Crippen molar-refractivity contribution in [3.8, 4) is 16.8 Å². The van der Waals surface area contributed by atoms with Gasteiger partial charge in [0.25, 0.3) is 0 Å². The Morgan fingerprint density at radius 1 is 0.606 bits per heavy atom. The first kappa shape index (κ1) is 19.1. The predicted octanol–water partition coefficient (Wildman–Crippen LogP) is 9.58. The minimum Gasteiger partial charge on any atom is -0.309 e. The molecule has 33 heavy (non-hydrogen) atoms. The number of fused-ring (bicyclic) bond motifs is 6. The Bertz CT molecular complexity index is 1830. The zero-order valence-corrected chi connectivity index (χ0v) is 20.0. The van der Waals surface area contributed by atoms with Crippen LogP contribution in [0, 0.1) is 0 Å². The highest BCUT2D eigenvalue weighted by atomic mass is 79.9. The van der Waals surface area contributed by atoms with Crippen LogP contribution in [0.1, 0.15) is 0 Å². The monoisotopic (exact) mass is 503 g/mol. The number of benzene rings is 5. The Hall–Kier alpha value is -3.40. The van der Waals surface area contributed by atoms with Gasteiger partial charge in [0, 0.05) is 41.1 Å². The van der Waals surface area contributed by atoms with E-state index in [1.807, 2.05) is 11.3 Å². The second-order valence-corrected chi connectivity index (χ2v) is 10.2. The number of thiophene rings is 1. The molecule has 0 radical (unpaired) electrons. The number of aromatic nitrogens is 1. The number of para-hydroxylation sites is 2. The van der Waals surface area contributed by atoms with Crippen molar-refractivity contribution in [1.29, 1.82) is 0 Å². The minimum absolute atomic E-state index is 1.15. The van der Waals surface area contributed by atoms with Crippen LogP contribution in [-0.4, -0.2) is 4.57 Å². The summed E-state index contributed by atoms with van der Waals surface area (Å²) in [4.78, 5) is 0. The number of hydrogen-bond donors (Lipinski definition) is 0. The van der Waals surface area contributed by atoms with Gasteiger partial charge >= 0.3 is 0 Å². The van der Waals surface area contributed by atoms with Gasteiger partial charge in [-0.1, -0.05) is 82.7 Å². The van der Waals surface area contributed by atoms with Crippen molar-refractivity contribution < 1.29 is 0 Å². The van der Waals surface area contributed by atoms with Crippen LogP contribution in [0.15, 0.2) is 114 Å². The highest BCUT2D eigenvalue weighted by molar-refractivity contribution is 9.10. The van der Waals surface area contributed by atoms with Gasteiger partial charge in [0.05, 0.1) is 11.0 Å². The third kappa shape index (κ3) is 2.83. The van der Waals surface area contributed by atoms with Crippen LogP contribution in [-0.2, 0) is 0 Å². The van der Waals surface area contributed by atoms with Gasteiger partial charge in [-0.05, 0) is 53.6 Å². The van der Waals surface area contributed by atoms with Gasteiger partial charge in [-0.25, -0.2) is 0 Å². The number of rotatable bonds is 2. The van der Waals surface area contributed by atoms with E-state index in [0.717, 1.165) is 4.47 Å². The van der Waals surface area contributed by atoms with Gasteiger partial charge in [0.15, 0.2) is 0 Å². The summed E-state index contributed by atoms with van der Waals surface area (Å²) in [6, 6.07) is 39.4. The Balaban J connectivity index is 1.55. The number of halogens is 1. The van der Waals surface area contributed by atoms with Gasteiger partial charge in [-0.15, -0.1) is 11.3 Å². The third-order valence-electron chi connectivity index (χ3n) is 6.47. The molecule has 2 aromatic heterocycles. The molecule has 156 valence electrons. The van der Waals surface area contributed by atoms with Crippen LogP contribution in [0.4, 0.5) is 0 Å². The topological polar surface area (TPSA) is 4.93 Å². The smallest absolute Gasteiger partial charge is 0.0541 e. The fourth-order valence-corrected chi connectivity index (χ4v) is 6.95. The largest absolute Gasteiger partial charge is 0.309 e. The molecule has 5 aromatic carbocycles. The van der Waals surface area contributed by atoms with Crippen LogP contribution >= 0.6 is 27.3 Å². The molecule has 3 heteroatoms. The lowest BCUT2D eigenvalue weighted by atomic mass is 10.0. The molecule has 7 aromatic rings. The van der Waals surface area contributed by atoms with E-state index in [1.54, 1.807) is 0 Å². The van der Waals surface area contributed by atoms with Crippen molar-refractivity contribution in [2.75, 3.05) is 0 Å². The molecule has 0 spiro atoms. The van der Waals surface area contributed by atoms with Crippen LogP contribution in [0.5, 0.6) is 0 Å². The fraction of sp³-hybridized carbons (Fsp3) is 0. The Morgan fingerprint density at radius 3 is 2.21 bits per heavy atom. The summed E-state index contributed by atoms with van der Waals surface area (Å²) >= 11 is 5.68. The highest BCUT2D eigenvalue weighted by Gasteiger charge is 2.16. The highest BCUT2D eigenvalue weighted by Crippen LogP contribution is 2.44. The lowest BCUT2D eigenvalue weighted by Gasteiger charge is -2.09. The minimum atomic E-state index is 1.15. The number of nitrogens with zero attached hydrogens (tertiary/aromatic N) is 1. The first-order valence-electron chi connectivity index (χ1n) is 11.0. The zero-order chi connectivity index (χ0) is 21.9. The van der Waals surface area contributed by atoms with Crippen molar-refractivity contribution in [1.82, 2.24) is 4.57 Å². The maximum absolute atomic E-state index is 3.81. The predicted molar refractivity (Wildman–Crippen MR) is 147 cm³/mol. The average molecular weight is 504 g/mol. The summed E-state index contributed by atoms with van der Waals surface area (Å²) in [6.45, 7) is 0. The molecule has 0 amide bonds. The van der Waals surface area contributed by atoms with E-state index in [9.17, 15) is 0 Å². The van der Waals surface area contributed by atoms with Crippen molar-refractivity contribution in [2.45, 2.75) is 0 Å². The molecule has 0 aliphatic rings. The van der Waals surface area contributed by atoms with Crippen LogP contribution < -0.4 is 0 Å². The quantitative estimate of drug-likeness (QED) is 0.221. The summed E-state index contributed by atoms with van der Waals surface area (Å²) in [7, 11) is 0. The van der Waals surface area contributed by atoms with Gasteiger partial charge in [0.2, 0.25) is 0 Å². The molecule has 0 fully saturated rings. The zero-order valence-electron chi connectivity index (χ0n) is 17.6. The summed E-state index contributed by atoms with van der Waals surface area (Å²) in [5, 5.41) is 5.18.